The van der Waals surface area contributed by atoms with Crippen molar-refractivity contribution in [2.24, 2.45) is 0 Å². The minimum Gasteiger partial charge on any atom is -0.480 e. The van der Waals surface area contributed by atoms with Gasteiger partial charge in [0.15, 0.2) is 0 Å². The third kappa shape index (κ3) is 3.08. The lowest BCUT2D eigenvalue weighted by atomic mass is 9.99. The number of aromatic nitrogens is 2. The van der Waals surface area contributed by atoms with Crippen LogP contribution in [0.1, 0.15) is 47.7 Å². The van der Waals surface area contributed by atoms with Gasteiger partial charge in [-0.15, -0.1) is 0 Å². The number of methoxy groups -OCH3 is 1. The van der Waals surface area contributed by atoms with Crippen LogP contribution in [0.4, 0.5) is 0 Å². The van der Waals surface area contributed by atoms with Gasteiger partial charge in [-0.2, -0.15) is 0 Å². The zero-order chi connectivity index (χ0) is 15.4. The standard InChI is InChI=1S/C16H23N3O2/c1-6-7-17-14(13-10(2)11(3)21-12(13)4)15-16(20-5)19-9-8-18-15/h8-9,14,17H,6-7H2,1-5H3. The summed E-state index contributed by atoms with van der Waals surface area (Å²) in [6.07, 6.45) is 4.36. The molecule has 0 aliphatic carbocycles. The molecular formula is C16H23N3O2. The first-order valence-corrected chi connectivity index (χ1v) is 7.24. The van der Waals surface area contributed by atoms with E-state index in [2.05, 4.69) is 29.1 Å². The van der Waals surface area contributed by atoms with Gasteiger partial charge < -0.3 is 14.5 Å². The van der Waals surface area contributed by atoms with Gasteiger partial charge >= 0.3 is 0 Å². The molecule has 2 heterocycles. The first-order chi connectivity index (χ1) is 10.1. The van der Waals surface area contributed by atoms with Crippen LogP contribution in [0, 0.1) is 20.8 Å². The van der Waals surface area contributed by atoms with Crippen LogP contribution < -0.4 is 10.1 Å². The van der Waals surface area contributed by atoms with E-state index in [1.807, 2.05) is 13.8 Å². The molecule has 21 heavy (non-hydrogen) atoms. The molecule has 0 saturated heterocycles. The van der Waals surface area contributed by atoms with Gasteiger partial charge in [-0.05, 0) is 39.3 Å². The summed E-state index contributed by atoms with van der Waals surface area (Å²) in [6.45, 7) is 9.06. The highest BCUT2D eigenvalue weighted by molar-refractivity contribution is 5.41. The van der Waals surface area contributed by atoms with Gasteiger partial charge in [0.05, 0.1) is 13.2 Å². The summed E-state index contributed by atoms with van der Waals surface area (Å²) < 4.78 is 11.1. The van der Waals surface area contributed by atoms with Crippen molar-refractivity contribution in [3.05, 3.63) is 40.7 Å². The van der Waals surface area contributed by atoms with Crippen molar-refractivity contribution in [2.75, 3.05) is 13.7 Å². The van der Waals surface area contributed by atoms with Crippen LogP contribution >= 0.6 is 0 Å². The van der Waals surface area contributed by atoms with Gasteiger partial charge in [0, 0.05) is 18.0 Å². The van der Waals surface area contributed by atoms with Crippen LogP contribution in [0.15, 0.2) is 16.8 Å². The molecule has 114 valence electrons. The molecule has 2 aromatic heterocycles. The predicted molar refractivity (Wildman–Crippen MR) is 81.6 cm³/mol. The summed E-state index contributed by atoms with van der Waals surface area (Å²) in [5, 5.41) is 3.53. The number of rotatable bonds is 6. The van der Waals surface area contributed by atoms with E-state index in [9.17, 15) is 0 Å². The molecule has 5 heteroatoms. The fraction of sp³-hybridized carbons (Fsp3) is 0.500. The number of ether oxygens (including phenoxy) is 1. The van der Waals surface area contributed by atoms with Gasteiger partial charge in [-0.25, -0.2) is 4.98 Å². The average molecular weight is 289 g/mol. The molecule has 0 saturated carbocycles. The molecule has 0 fully saturated rings. The molecule has 1 N–H and O–H groups in total. The van der Waals surface area contributed by atoms with Gasteiger partial charge in [-0.3, -0.25) is 4.98 Å². The van der Waals surface area contributed by atoms with Crippen molar-refractivity contribution in [1.29, 1.82) is 0 Å². The molecule has 0 bridgehead atoms. The Morgan fingerprint density at radius 2 is 1.90 bits per heavy atom. The van der Waals surface area contributed by atoms with Crippen LogP contribution in [-0.2, 0) is 0 Å². The van der Waals surface area contributed by atoms with E-state index in [0.717, 1.165) is 41.3 Å². The van der Waals surface area contributed by atoms with Crippen LogP contribution in [0.2, 0.25) is 0 Å². The van der Waals surface area contributed by atoms with Crippen LogP contribution in [0.3, 0.4) is 0 Å². The second-order valence-electron chi connectivity index (χ2n) is 5.09. The Labute approximate surface area is 125 Å². The molecule has 0 radical (unpaired) electrons. The van der Waals surface area contributed by atoms with Crippen molar-refractivity contribution < 1.29 is 9.15 Å². The minimum atomic E-state index is -0.0777. The fourth-order valence-electron chi connectivity index (χ4n) is 2.55. The minimum absolute atomic E-state index is 0.0777. The second-order valence-corrected chi connectivity index (χ2v) is 5.09. The zero-order valence-electron chi connectivity index (χ0n) is 13.4. The van der Waals surface area contributed by atoms with E-state index in [4.69, 9.17) is 9.15 Å². The van der Waals surface area contributed by atoms with Crippen molar-refractivity contribution in [3.8, 4) is 5.88 Å². The Bertz CT molecular complexity index is 608. The number of nitrogens with zero attached hydrogens (tertiary/aromatic N) is 2. The maximum Gasteiger partial charge on any atom is 0.237 e. The number of hydrogen-bond acceptors (Lipinski definition) is 5. The van der Waals surface area contributed by atoms with Gasteiger partial charge in [-0.1, -0.05) is 6.92 Å². The quantitative estimate of drug-likeness (QED) is 0.885. The topological polar surface area (TPSA) is 60.2 Å². The lowest BCUT2D eigenvalue weighted by Gasteiger charge is -2.20. The lowest BCUT2D eigenvalue weighted by Crippen LogP contribution is -2.25. The van der Waals surface area contributed by atoms with E-state index in [0.29, 0.717) is 5.88 Å². The summed E-state index contributed by atoms with van der Waals surface area (Å²) in [5.74, 6) is 2.39. The smallest absolute Gasteiger partial charge is 0.237 e. The molecule has 2 rings (SSSR count). The van der Waals surface area contributed by atoms with E-state index >= 15 is 0 Å². The first-order valence-electron chi connectivity index (χ1n) is 7.24. The Morgan fingerprint density at radius 3 is 2.48 bits per heavy atom. The van der Waals surface area contributed by atoms with Crippen molar-refractivity contribution >= 4 is 0 Å². The van der Waals surface area contributed by atoms with E-state index in [1.54, 1.807) is 19.5 Å². The monoisotopic (exact) mass is 289 g/mol. The molecule has 1 atom stereocenters. The molecule has 0 aliphatic heterocycles. The maximum absolute atomic E-state index is 5.77. The third-order valence-corrected chi connectivity index (χ3v) is 3.66. The highest BCUT2D eigenvalue weighted by Crippen LogP contribution is 2.33. The van der Waals surface area contributed by atoms with Crippen LogP contribution in [0.5, 0.6) is 5.88 Å². The molecule has 2 aromatic rings. The SMILES string of the molecule is CCCNC(c1nccnc1OC)c1c(C)oc(C)c1C. The number of nitrogens with one attached hydrogen (secondary N) is 1. The molecule has 0 aliphatic rings. The fourth-order valence-corrected chi connectivity index (χ4v) is 2.55. The van der Waals surface area contributed by atoms with Gasteiger partial charge in [0.25, 0.3) is 0 Å². The van der Waals surface area contributed by atoms with Crippen molar-refractivity contribution in [3.63, 3.8) is 0 Å². The highest BCUT2D eigenvalue weighted by Gasteiger charge is 2.26. The largest absolute Gasteiger partial charge is 0.480 e. The first kappa shape index (κ1) is 15.5. The molecule has 0 aromatic carbocycles. The van der Waals surface area contributed by atoms with Crippen LogP contribution in [-0.4, -0.2) is 23.6 Å². The second kappa shape index (κ2) is 6.72. The number of aryl methyl sites for hydroxylation is 2. The Morgan fingerprint density at radius 1 is 1.19 bits per heavy atom. The highest BCUT2D eigenvalue weighted by atomic mass is 16.5. The molecule has 1 unspecified atom stereocenters. The van der Waals surface area contributed by atoms with Gasteiger partial charge in [0.2, 0.25) is 5.88 Å². The average Bonchev–Trinajstić information content (AvgIpc) is 2.74. The Balaban J connectivity index is 2.52. The third-order valence-electron chi connectivity index (χ3n) is 3.66. The molecular weight excluding hydrogens is 266 g/mol. The van der Waals surface area contributed by atoms with Gasteiger partial charge in [0.1, 0.15) is 17.2 Å². The summed E-state index contributed by atoms with van der Waals surface area (Å²) in [5.41, 5.74) is 3.06. The number of furan rings is 1. The molecule has 0 spiro atoms. The normalized spacial score (nSPS) is 12.4. The summed E-state index contributed by atoms with van der Waals surface area (Å²) >= 11 is 0. The van der Waals surface area contributed by atoms with Crippen molar-refractivity contribution in [2.45, 2.75) is 40.2 Å². The molecule has 0 amide bonds. The summed E-state index contributed by atoms with van der Waals surface area (Å²) in [7, 11) is 1.62. The number of hydrogen-bond donors (Lipinski definition) is 1. The maximum atomic E-state index is 5.77. The zero-order valence-corrected chi connectivity index (χ0v) is 13.4. The van der Waals surface area contributed by atoms with E-state index in [-0.39, 0.29) is 6.04 Å². The molecule has 5 nitrogen and oxygen atoms in total. The van der Waals surface area contributed by atoms with E-state index < -0.39 is 0 Å². The Hall–Kier alpha value is -1.88. The van der Waals surface area contributed by atoms with Crippen LogP contribution in [0.25, 0.3) is 0 Å². The summed E-state index contributed by atoms with van der Waals surface area (Å²) in [4.78, 5) is 8.74. The predicted octanol–water partition coefficient (Wildman–Crippen LogP) is 3.09. The van der Waals surface area contributed by atoms with E-state index in [1.165, 1.54) is 0 Å². The lowest BCUT2D eigenvalue weighted by molar-refractivity contribution is 0.381. The van der Waals surface area contributed by atoms with Crippen molar-refractivity contribution in [1.82, 2.24) is 15.3 Å². The Kier molecular flexibility index (Phi) is 4.96. The summed E-state index contributed by atoms with van der Waals surface area (Å²) in [6, 6.07) is -0.0777.